The Morgan fingerprint density at radius 1 is 1.38 bits per heavy atom. The molecule has 2 aliphatic rings. The Balaban J connectivity index is 1.96. The average molecular weight is 370 g/mol. The lowest BCUT2D eigenvalue weighted by Crippen LogP contribution is -2.46. The number of carbonyl (C=O) groups excluding carboxylic acids is 1. The molecule has 1 aliphatic heterocycles. The van der Waals surface area contributed by atoms with E-state index in [1.54, 1.807) is 22.7 Å². The predicted molar refractivity (Wildman–Crippen MR) is 85.4 cm³/mol. The van der Waals surface area contributed by atoms with Crippen LogP contribution in [0.1, 0.15) is 28.8 Å². The van der Waals surface area contributed by atoms with Crippen LogP contribution in [-0.2, 0) is 4.79 Å². The molecule has 4 nitrogen and oxygen atoms in total. The van der Waals surface area contributed by atoms with Gasteiger partial charge in [0, 0.05) is 10.2 Å². The van der Waals surface area contributed by atoms with Gasteiger partial charge in [-0.25, -0.2) is 4.79 Å². The Morgan fingerprint density at radius 2 is 2.10 bits per heavy atom. The van der Waals surface area contributed by atoms with E-state index in [2.05, 4.69) is 15.9 Å². The fraction of sp³-hybridized carbons (Fsp3) is 0.467. The third-order valence-corrected chi connectivity index (χ3v) is 6.52. The SMILES string of the molecule is Cc1cccc(C(=O)N2C(C(=O)O)CSC2C2CC2)c1Br. The number of amides is 1. The largest absolute Gasteiger partial charge is 0.480 e. The van der Waals surface area contributed by atoms with Crippen LogP contribution in [0, 0.1) is 12.8 Å². The van der Waals surface area contributed by atoms with Crippen molar-refractivity contribution in [3.63, 3.8) is 0 Å². The molecule has 1 aliphatic carbocycles. The molecule has 6 heteroatoms. The Morgan fingerprint density at radius 3 is 2.71 bits per heavy atom. The van der Waals surface area contributed by atoms with E-state index in [4.69, 9.17) is 0 Å². The molecular weight excluding hydrogens is 354 g/mol. The highest BCUT2D eigenvalue weighted by molar-refractivity contribution is 9.10. The van der Waals surface area contributed by atoms with Gasteiger partial charge in [-0.3, -0.25) is 4.79 Å². The van der Waals surface area contributed by atoms with Crippen molar-refractivity contribution in [1.82, 2.24) is 4.90 Å². The van der Waals surface area contributed by atoms with Crippen molar-refractivity contribution < 1.29 is 14.7 Å². The van der Waals surface area contributed by atoms with E-state index in [1.165, 1.54) is 0 Å². The van der Waals surface area contributed by atoms with Crippen molar-refractivity contribution in [3.05, 3.63) is 33.8 Å². The summed E-state index contributed by atoms with van der Waals surface area (Å²) in [7, 11) is 0. The number of carboxylic acids is 1. The van der Waals surface area contributed by atoms with Gasteiger partial charge in [0.05, 0.1) is 10.9 Å². The molecule has 1 aromatic rings. The van der Waals surface area contributed by atoms with E-state index < -0.39 is 12.0 Å². The van der Waals surface area contributed by atoms with E-state index in [-0.39, 0.29) is 11.3 Å². The number of nitrogens with zero attached hydrogens (tertiary/aromatic N) is 1. The van der Waals surface area contributed by atoms with Crippen molar-refractivity contribution in [2.75, 3.05) is 5.75 Å². The first-order chi connectivity index (χ1) is 10.0. The molecular formula is C15H16BrNO3S. The molecule has 3 rings (SSSR count). The van der Waals surface area contributed by atoms with Crippen molar-refractivity contribution in [3.8, 4) is 0 Å². The van der Waals surface area contributed by atoms with Crippen LogP contribution in [0.15, 0.2) is 22.7 Å². The number of aliphatic carboxylic acids is 1. The Bertz CT molecular complexity index is 603. The summed E-state index contributed by atoms with van der Waals surface area (Å²) >= 11 is 5.06. The van der Waals surface area contributed by atoms with Gasteiger partial charge in [0.25, 0.3) is 5.91 Å². The maximum Gasteiger partial charge on any atom is 0.327 e. The van der Waals surface area contributed by atoms with E-state index in [0.717, 1.165) is 22.9 Å². The van der Waals surface area contributed by atoms with Gasteiger partial charge in [0.1, 0.15) is 6.04 Å². The summed E-state index contributed by atoms with van der Waals surface area (Å²) in [5.41, 5.74) is 1.52. The first-order valence-corrected chi connectivity index (χ1v) is 8.77. The summed E-state index contributed by atoms with van der Waals surface area (Å²) in [5, 5.41) is 9.41. The number of carbonyl (C=O) groups is 2. The Hall–Kier alpha value is -1.01. The molecule has 1 heterocycles. The van der Waals surface area contributed by atoms with Crippen LogP contribution >= 0.6 is 27.7 Å². The van der Waals surface area contributed by atoms with Gasteiger partial charge < -0.3 is 10.0 Å². The Kier molecular flexibility index (Phi) is 4.01. The maximum absolute atomic E-state index is 12.9. The van der Waals surface area contributed by atoms with Crippen molar-refractivity contribution in [1.29, 1.82) is 0 Å². The third-order valence-electron chi connectivity index (χ3n) is 4.00. The van der Waals surface area contributed by atoms with Crippen LogP contribution in [-0.4, -0.2) is 39.1 Å². The molecule has 0 radical (unpaired) electrons. The van der Waals surface area contributed by atoms with Gasteiger partial charge in [0.15, 0.2) is 0 Å². The lowest BCUT2D eigenvalue weighted by molar-refractivity contribution is -0.141. The summed E-state index contributed by atoms with van der Waals surface area (Å²) in [6.07, 6.45) is 2.17. The third kappa shape index (κ3) is 2.71. The number of halogens is 1. The van der Waals surface area contributed by atoms with E-state index in [0.29, 0.717) is 17.2 Å². The minimum absolute atomic E-state index is 0.00557. The van der Waals surface area contributed by atoms with Gasteiger partial charge >= 0.3 is 5.97 Å². The minimum Gasteiger partial charge on any atom is -0.480 e. The number of hydrogen-bond donors (Lipinski definition) is 1. The molecule has 0 spiro atoms. The summed E-state index contributed by atoms with van der Waals surface area (Å²) in [6, 6.07) is 4.79. The first kappa shape index (κ1) is 14.9. The zero-order chi connectivity index (χ0) is 15.1. The monoisotopic (exact) mass is 369 g/mol. The smallest absolute Gasteiger partial charge is 0.327 e. The molecule has 112 valence electrons. The predicted octanol–water partition coefficient (Wildman–Crippen LogP) is 3.14. The van der Waals surface area contributed by atoms with Crippen molar-refractivity contribution >= 4 is 39.6 Å². The van der Waals surface area contributed by atoms with Gasteiger partial charge in [-0.2, -0.15) is 0 Å². The van der Waals surface area contributed by atoms with Crippen LogP contribution in [0.5, 0.6) is 0 Å². The normalized spacial score (nSPS) is 25.1. The molecule has 1 aromatic carbocycles. The van der Waals surface area contributed by atoms with Gasteiger partial charge in [-0.05, 0) is 53.2 Å². The number of hydrogen-bond acceptors (Lipinski definition) is 3. The number of aryl methyl sites for hydroxylation is 1. The Labute approximate surface area is 136 Å². The van der Waals surface area contributed by atoms with Gasteiger partial charge in [-0.15, -0.1) is 11.8 Å². The first-order valence-electron chi connectivity index (χ1n) is 6.93. The zero-order valence-corrected chi connectivity index (χ0v) is 14.0. The lowest BCUT2D eigenvalue weighted by atomic mass is 10.1. The topological polar surface area (TPSA) is 57.6 Å². The second-order valence-corrected chi connectivity index (χ2v) is 7.51. The quantitative estimate of drug-likeness (QED) is 0.888. The molecule has 2 fully saturated rings. The number of rotatable bonds is 3. The minimum atomic E-state index is -0.914. The van der Waals surface area contributed by atoms with E-state index in [9.17, 15) is 14.7 Å². The van der Waals surface area contributed by atoms with Crippen LogP contribution in [0.2, 0.25) is 0 Å². The fourth-order valence-corrected chi connectivity index (χ4v) is 4.74. The number of benzene rings is 1. The molecule has 1 amide bonds. The van der Waals surface area contributed by atoms with Crippen molar-refractivity contribution in [2.45, 2.75) is 31.2 Å². The van der Waals surface area contributed by atoms with Gasteiger partial charge in [0.2, 0.25) is 0 Å². The average Bonchev–Trinajstić information content (AvgIpc) is 3.19. The fourth-order valence-electron chi connectivity index (χ4n) is 2.67. The highest BCUT2D eigenvalue weighted by Gasteiger charge is 2.48. The van der Waals surface area contributed by atoms with Crippen LogP contribution in [0.4, 0.5) is 0 Å². The van der Waals surface area contributed by atoms with Crippen molar-refractivity contribution in [2.24, 2.45) is 5.92 Å². The molecule has 1 N–H and O–H groups in total. The van der Waals surface area contributed by atoms with E-state index >= 15 is 0 Å². The highest BCUT2D eigenvalue weighted by atomic mass is 79.9. The molecule has 2 atom stereocenters. The van der Waals surface area contributed by atoms with E-state index in [1.807, 2.05) is 19.1 Å². The molecule has 1 saturated heterocycles. The summed E-state index contributed by atoms with van der Waals surface area (Å²) < 4.78 is 0.755. The standard InChI is InChI=1S/C15H16BrNO3S/c1-8-3-2-4-10(12(8)16)13(18)17-11(15(19)20)7-21-14(17)9-5-6-9/h2-4,9,11,14H,5-7H2,1H3,(H,19,20). The number of thioether (sulfide) groups is 1. The molecule has 2 unspecified atom stereocenters. The molecule has 0 bridgehead atoms. The number of carboxylic acid groups (broad SMARTS) is 1. The van der Waals surface area contributed by atoms with Crippen LogP contribution in [0.25, 0.3) is 0 Å². The second kappa shape index (κ2) is 5.65. The zero-order valence-electron chi connectivity index (χ0n) is 11.6. The summed E-state index contributed by atoms with van der Waals surface area (Å²) in [6.45, 7) is 1.92. The molecule has 21 heavy (non-hydrogen) atoms. The summed E-state index contributed by atoms with van der Waals surface area (Å²) in [5.74, 6) is -0.166. The maximum atomic E-state index is 12.9. The second-order valence-electron chi connectivity index (χ2n) is 5.56. The highest BCUT2D eigenvalue weighted by Crippen LogP contribution is 2.46. The lowest BCUT2D eigenvalue weighted by Gasteiger charge is -2.28. The van der Waals surface area contributed by atoms with Crippen LogP contribution < -0.4 is 0 Å². The molecule has 1 saturated carbocycles. The van der Waals surface area contributed by atoms with Gasteiger partial charge in [-0.1, -0.05) is 12.1 Å². The summed E-state index contributed by atoms with van der Waals surface area (Å²) in [4.78, 5) is 26.0. The molecule has 0 aromatic heterocycles. The van der Waals surface area contributed by atoms with Crippen LogP contribution in [0.3, 0.4) is 0 Å².